The van der Waals surface area contributed by atoms with Crippen LogP contribution in [0, 0.1) is 6.92 Å². The van der Waals surface area contributed by atoms with E-state index >= 15 is 0 Å². The number of rotatable bonds is 7. The van der Waals surface area contributed by atoms with Crippen molar-refractivity contribution in [3.63, 3.8) is 0 Å². The molecule has 0 aliphatic heterocycles. The number of aromatic nitrogens is 1. The molecule has 0 N–H and O–H groups in total. The highest BCUT2D eigenvalue weighted by Gasteiger charge is 2.20. The van der Waals surface area contributed by atoms with E-state index in [1.54, 1.807) is 23.1 Å². The second-order valence-corrected chi connectivity index (χ2v) is 8.48. The molecule has 4 nitrogen and oxygen atoms in total. The molecule has 0 fully saturated rings. The lowest BCUT2D eigenvalue weighted by Gasteiger charge is -2.21. The molecule has 0 atom stereocenters. The second-order valence-electron chi connectivity index (χ2n) is 6.42. The van der Waals surface area contributed by atoms with Crippen LogP contribution >= 0.6 is 23.1 Å². The third kappa shape index (κ3) is 4.84. The van der Waals surface area contributed by atoms with Gasteiger partial charge in [0.2, 0.25) is 5.91 Å². The maximum absolute atomic E-state index is 12.9. The number of carbonyl (C=O) groups is 1. The van der Waals surface area contributed by atoms with E-state index in [0.29, 0.717) is 12.3 Å². The van der Waals surface area contributed by atoms with Gasteiger partial charge in [-0.3, -0.25) is 9.69 Å². The van der Waals surface area contributed by atoms with E-state index in [4.69, 9.17) is 4.98 Å². The molecule has 0 bridgehead atoms. The summed E-state index contributed by atoms with van der Waals surface area (Å²) in [5.41, 5.74) is 2.16. The van der Waals surface area contributed by atoms with Gasteiger partial charge in [0.15, 0.2) is 5.13 Å². The van der Waals surface area contributed by atoms with E-state index in [1.165, 1.54) is 5.56 Å². The van der Waals surface area contributed by atoms with Gasteiger partial charge in [0.05, 0.1) is 16.0 Å². The van der Waals surface area contributed by atoms with Crippen molar-refractivity contribution in [2.45, 2.75) is 11.8 Å². The second kappa shape index (κ2) is 8.66. The molecule has 2 aromatic carbocycles. The summed E-state index contributed by atoms with van der Waals surface area (Å²) in [6, 6.07) is 16.2. The van der Waals surface area contributed by atoms with Crippen molar-refractivity contribution in [1.29, 1.82) is 0 Å². The maximum atomic E-state index is 12.9. The van der Waals surface area contributed by atoms with Gasteiger partial charge < -0.3 is 4.90 Å². The van der Waals surface area contributed by atoms with Crippen molar-refractivity contribution in [2.75, 3.05) is 37.8 Å². The van der Waals surface area contributed by atoms with Crippen LogP contribution in [0.3, 0.4) is 0 Å². The summed E-state index contributed by atoms with van der Waals surface area (Å²) < 4.78 is 1.12. The Labute approximate surface area is 162 Å². The highest BCUT2D eigenvalue weighted by atomic mass is 32.2. The number of amides is 1. The average Bonchev–Trinajstić information content (AvgIpc) is 3.03. The molecule has 1 aromatic heterocycles. The Balaban J connectivity index is 1.79. The van der Waals surface area contributed by atoms with Crippen LogP contribution in [-0.4, -0.2) is 48.7 Å². The third-order valence-corrected chi connectivity index (χ3v) is 5.98. The summed E-state index contributed by atoms with van der Waals surface area (Å²) in [6.45, 7) is 3.51. The van der Waals surface area contributed by atoms with E-state index in [0.717, 1.165) is 26.8 Å². The summed E-state index contributed by atoms with van der Waals surface area (Å²) in [7, 11) is 4.03. The smallest absolute Gasteiger partial charge is 0.239 e. The van der Waals surface area contributed by atoms with Crippen molar-refractivity contribution >= 4 is 44.4 Å². The zero-order valence-corrected chi connectivity index (χ0v) is 16.9. The number of benzene rings is 2. The van der Waals surface area contributed by atoms with E-state index in [2.05, 4.69) is 24.0 Å². The topological polar surface area (TPSA) is 36.4 Å². The first-order chi connectivity index (χ1) is 12.5. The Morgan fingerprint density at radius 1 is 1.12 bits per heavy atom. The lowest BCUT2D eigenvalue weighted by molar-refractivity contribution is -0.116. The molecule has 0 saturated carbocycles. The molecule has 1 heterocycles. The highest BCUT2D eigenvalue weighted by Crippen LogP contribution is 2.30. The molecular weight excluding hydrogens is 362 g/mol. The van der Waals surface area contributed by atoms with E-state index in [1.807, 2.05) is 55.4 Å². The van der Waals surface area contributed by atoms with Crippen LogP contribution in [0.25, 0.3) is 10.2 Å². The number of carbonyl (C=O) groups excluding carboxylic acids is 1. The minimum absolute atomic E-state index is 0.0940. The van der Waals surface area contributed by atoms with Crippen molar-refractivity contribution in [3.8, 4) is 0 Å². The molecule has 0 aliphatic carbocycles. The third-order valence-electron chi connectivity index (χ3n) is 3.94. The van der Waals surface area contributed by atoms with Crippen LogP contribution in [0.1, 0.15) is 5.56 Å². The first-order valence-electron chi connectivity index (χ1n) is 8.53. The number of fused-ring (bicyclic) bond motifs is 1. The van der Waals surface area contributed by atoms with Gasteiger partial charge >= 0.3 is 0 Å². The summed E-state index contributed by atoms with van der Waals surface area (Å²) in [5, 5.41) is 0.783. The van der Waals surface area contributed by atoms with Crippen LogP contribution in [0.15, 0.2) is 53.4 Å². The summed E-state index contributed by atoms with van der Waals surface area (Å²) in [6.07, 6.45) is 0. The highest BCUT2D eigenvalue weighted by molar-refractivity contribution is 8.00. The van der Waals surface area contributed by atoms with Gasteiger partial charge in [-0.15, -0.1) is 11.8 Å². The number of thiazole rings is 1. The monoisotopic (exact) mass is 385 g/mol. The largest absolute Gasteiger partial charge is 0.308 e. The van der Waals surface area contributed by atoms with Gasteiger partial charge in [0.25, 0.3) is 0 Å². The minimum Gasteiger partial charge on any atom is -0.308 e. The molecule has 3 rings (SSSR count). The first-order valence-corrected chi connectivity index (χ1v) is 10.3. The van der Waals surface area contributed by atoms with Gasteiger partial charge in [-0.2, -0.15) is 0 Å². The Kier molecular flexibility index (Phi) is 6.29. The first kappa shape index (κ1) is 18.9. The number of likely N-dealkylation sites (N-methyl/N-ethyl adjacent to an activating group) is 1. The lowest BCUT2D eigenvalue weighted by atomic mass is 10.2. The normalized spacial score (nSPS) is 11.2. The lowest BCUT2D eigenvalue weighted by Crippen LogP contribution is -2.37. The predicted octanol–water partition coefficient (Wildman–Crippen LogP) is 4.29. The van der Waals surface area contributed by atoms with Crippen LogP contribution in [0.4, 0.5) is 5.13 Å². The zero-order valence-electron chi connectivity index (χ0n) is 15.3. The Bertz CT molecular complexity index is 877. The SMILES string of the molecule is Cc1ccc2nc(N(CCN(C)C)C(=O)CSc3ccccc3)sc2c1. The van der Waals surface area contributed by atoms with E-state index in [9.17, 15) is 4.79 Å². The average molecular weight is 386 g/mol. The van der Waals surface area contributed by atoms with Gasteiger partial charge in [0, 0.05) is 18.0 Å². The molecule has 136 valence electrons. The quantitative estimate of drug-likeness (QED) is 0.569. The Hall–Kier alpha value is -1.89. The van der Waals surface area contributed by atoms with Gasteiger partial charge in [-0.25, -0.2) is 4.98 Å². The molecular formula is C20H23N3OS2. The van der Waals surface area contributed by atoms with E-state index < -0.39 is 0 Å². The van der Waals surface area contributed by atoms with Crippen LogP contribution in [-0.2, 0) is 4.79 Å². The van der Waals surface area contributed by atoms with Crippen molar-refractivity contribution < 1.29 is 4.79 Å². The van der Waals surface area contributed by atoms with Gasteiger partial charge in [-0.05, 0) is 50.8 Å². The number of nitrogens with zero attached hydrogens (tertiary/aromatic N) is 3. The number of thioether (sulfide) groups is 1. The summed E-state index contributed by atoms with van der Waals surface area (Å²) >= 11 is 3.15. The van der Waals surface area contributed by atoms with Crippen LogP contribution in [0.2, 0.25) is 0 Å². The van der Waals surface area contributed by atoms with Crippen molar-refractivity contribution in [2.24, 2.45) is 0 Å². The van der Waals surface area contributed by atoms with E-state index in [-0.39, 0.29) is 5.91 Å². The number of anilines is 1. The maximum Gasteiger partial charge on any atom is 0.239 e. The van der Waals surface area contributed by atoms with Gasteiger partial charge in [0.1, 0.15) is 0 Å². The molecule has 3 aromatic rings. The van der Waals surface area contributed by atoms with Crippen LogP contribution < -0.4 is 4.90 Å². The predicted molar refractivity (Wildman–Crippen MR) is 112 cm³/mol. The molecule has 0 aliphatic rings. The number of hydrogen-bond donors (Lipinski definition) is 0. The Morgan fingerprint density at radius 2 is 1.88 bits per heavy atom. The van der Waals surface area contributed by atoms with Crippen LogP contribution in [0.5, 0.6) is 0 Å². The molecule has 0 spiro atoms. The number of aryl methyl sites for hydroxylation is 1. The molecule has 1 amide bonds. The fourth-order valence-electron chi connectivity index (χ4n) is 2.50. The fourth-order valence-corrected chi connectivity index (χ4v) is 4.40. The molecule has 26 heavy (non-hydrogen) atoms. The molecule has 6 heteroatoms. The Morgan fingerprint density at radius 3 is 2.62 bits per heavy atom. The van der Waals surface area contributed by atoms with Gasteiger partial charge in [-0.1, -0.05) is 35.6 Å². The minimum atomic E-state index is 0.0940. The standard InChI is InChI=1S/C20H23N3OS2/c1-15-9-10-17-18(13-15)26-20(21-17)23(12-11-22(2)3)19(24)14-25-16-7-5-4-6-8-16/h4-10,13H,11-12,14H2,1-3H3. The molecule has 0 radical (unpaired) electrons. The van der Waals surface area contributed by atoms with Crippen molar-refractivity contribution in [3.05, 3.63) is 54.1 Å². The summed E-state index contributed by atoms with van der Waals surface area (Å²) in [5.74, 6) is 0.503. The molecule has 0 saturated heterocycles. The fraction of sp³-hybridized carbons (Fsp3) is 0.300. The summed E-state index contributed by atoms with van der Waals surface area (Å²) in [4.78, 5) is 22.7. The van der Waals surface area contributed by atoms with Crippen molar-refractivity contribution in [1.82, 2.24) is 9.88 Å². The number of hydrogen-bond acceptors (Lipinski definition) is 5. The molecule has 0 unspecified atom stereocenters. The zero-order chi connectivity index (χ0) is 18.5.